The lowest BCUT2D eigenvalue weighted by Gasteiger charge is -2.05. The Labute approximate surface area is 90.3 Å². The highest BCUT2D eigenvalue weighted by molar-refractivity contribution is 7.12. The molecule has 0 unspecified atom stereocenters. The molecule has 0 saturated carbocycles. The summed E-state index contributed by atoms with van der Waals surface area (Å²) in [6.07, 6.45) is 0. The van der Waals surface area contributed by atoms with Gasteiger partial charge in [-0.3, -0.25) is 4.79 Å². The second kappa shape index (κ2) is 3.10. The van der Waals surface area contributed by atoms with Crippen LogP contribution in [0.5, 0.6) is 11.5 Å². The molecule has 15 heavy (non-hydrogen) atoms. The summed E-state index contributed by atoms with van der Waals surface area (Å²) < 4.78 is 5.64. The van der Waals surface area contributed by atoms with Crippen molar-refractivity contribution in [3.8, 4) is 11.5 Å². The van der Waals surface area contributed by atoms with Crippen molar-refractivity contribution in [3.63, 3.8) is 0 Å². The van der Waals surface area contributed by atoms with Crippen molar-refractivity contribution < 1.29 is 9.53 Å². The third kappa shape index (κ3) is 1.30. The average Bonchev–Trinajstić information content (AvgIpc) is 2.64. The van der Waals surface area contributed by atoms with Crippen LogP contribution in [0, 0.1) is 0 Å². The van der Waals surface area contributed by atoms with Crippen LogP contribution in [-0.2, 0) is 0 Å². The predicted octanol–water partition coefficient (Wildman–Crippen LogP) is 3.11. The van der Waals surface area contributed by atoms with Gasteiger partial charge < -0.3 is 10.1 Å². The highest BCUT2D eigenvalue weighted by Gasteiger charge is 2.21. The number of fused-ring (bicyclic) bond motifs is 2. The number of amides is 1. The van der Waals surface area contributed by atoms with Gasteiger partial charge in [-0.25, -0.2) is 0 Å². The van der Waals surface area contributed by atoms with Crippen molar-refractivity contribution in [1.82, 2.24) is 0 Å². The summed E-state index contributed by atoms with van der Waals surface area (Å²) in [7, 11) is 0. The molecule has 0 spiro atoms. The smallest absolute Gasteiger partial charge is 0.269 e. The molecule has 1 amide bonds. The first-order valence-electron chi connectivity index (χ1n) is 4.50. The van der Waals surface area contributed by atoms with E-state index in [2.05, 4.69) is 5.32 Å². The third-order valence-electron chi connectivity index (χ3n) is 2.19. The van der Waals surface area contributed by atoms with Gasteiger partial charge in [-0.1, -0.05) is 12.1 Å². The minimum absolute atomic E-state index is 0.107. The molecule has 3 nitrogen and oxygen atoms in total. The van der Waals surface area contributed by atoms with Gasteiger partial charge in [0.15, 0.2) is 11.5 Å². The molecule has 0 radical (unpaired) electrons. The molecule has 2 heterocycles. The monoisotopic (exact) mass is 217 g/mol. The minimum Gasteiger partial charge on any atom is -0.453 e. The Hall–Kier alpha value is -1.81. The van der Waals surface area contributed by atoms with E-state index in [1.54, 1.807) is 0 Å². The van der Waals surface area contributed by atoms with E-state index in [1.165, 1.54) is 11.3 Å². The van der Waals surface area contributed by atoms with Crippen molar-refractivity contribution in [2.75, 3.05) is 5.32 Å². The number of hydrogen-bond acceptors (Lipinski definition) is 3. The fourth-order valence-corrected chi connectivity index (χ4v) is 2.21. The number of ether oxygens (including phenoxy) is 1. The molecule has 1 aromatic heterocycles. The van der Waals surface area contributed by atoms with Gasteiger partial charge in [-0.2, -0.15) is 0 Å². The molecule has 3 rings (SSSR count). The summed E-state index contributed by atoms with van der Waals surface area (Å²) in [6.45, 7) is 0. The van der Waals surface area contributed by atoms with Gasteiger partial charge in [0, 0.05) is 0 Å². The van der Waals surface area contributed by atoms with E-state index in [4.69, 9.17) is 4.74 Å². The van der Waals surface area contributed by atoms with Crippen LogP contribution in [-0.4, -0.2) is 5.91 Å². The number of rotatable bonds is 0. The summed E-state index contributed by atoms with van der Waals surface area (Å²) in [5.41, 5.74) is 0.714. The van der Waals surface area contributed by atoms with Gasteiger partial charge in [-0.15, -0.1) is 11.3 Å². The predicted molar refractivity (Wildman–Crippen MR) is 58.8 cm³/mol. The van der Waals surface area contributed by atoms with E-state index in [0.717, 1.165) is 0 Å². The van der Waals surface area contributed by atoms with Crippen LogP contribution in [0.15, 0.2) is 35.7 Å². The summed E-state index contributed by atoms with van der Waals surface area (Å²) >= 11 is 1.38. The maximum absolute atomic E-state index is 11.7. The van der Waals surface area contributed by atoms with Gasteiger partial charge in [0.25, 0.3) is 5.91 Å². The Morgan fingerprint density at radius 3 is 2.93 bits per heavy atom. The van der Waals surface area contributed by atoms with E-state index in [0.29, 0.717) is 22.1 Å². The molecule has 0 aliphatic carbocycles. The molecule has 0 bridgehead atoms. The number of nitrogens with one attached hydrogen (secondary N) is 1. The Balaban J connectivity index is 2.18. The second-order valence-electron chi connectivity index (χ2n) is 3.17. The molecule has 1 aromatic carbocycles. The minimum atomic E-state index is -0.107. The number of carbonyl (C=O) groups excluding carboxylic acids is 1. The summed E-state index contributed by atoms with van der Waals surface area (Å²) in [5.74, 6) is 1.20. The fraction of sp³-hybridized carbons (Fsp3) is 0. The van der Waals surface area contributed by atoms with E-state index < -0.39 is 0 Å². The second-order valence-corrected chi connectivity index (χ2v) is 4.08. The third-order valence-corrected chi connectivity index (χ3v) is 3.08. The average molecular weight is 217 g/mol. The molecule has 74 valence electrons. The topological polar surface area (TPSA) is 38.3 Å². The molecule has 2 aromatic rings. The van der Waals surface area contributed by atoms with Crippen LogP contribution < -0.4 is 10.1 Å². The number of benzene rings is 1. The number of anilines is 1. The van der Waals surface area contributed by atoms with Gasteiger partial charge in [-0.05, 0) is 23.6 Å². The van der Waals surface area contributed by atoms with E-state index in [-0.39, 0.29) is 5.91 Å². The van der Waals surface area contributed by atoms with Crippen molar-refractivity contribution in [1.29, 1.82) is 0 Å². The Kier molecular flexibility index (Phi) is 1.76. The highest BCUT2D eigenvalue weighted by atomic mass is 32.1. The highest BCUT2D eigenvalue weighted by Crippen LogP contribution is 2.37. The Morgan fingerprint density at radius 2 is 2.00 bits per heavy atom. The first-order chi connectivity index (χ1) is 7.34. The zero-order valence-electron chi connectivity index (χ0n) is 7.69. The first kappa shape index (κ1) is 8.49. The van der Waals surface area contributed by atoms with Crippen LogP contribution in [0.3, 0.4) is 0 Å². The molecular weight excluding hydrogens is 210 g/mol. The summed E-state index contributed by atoms with van der Waals surface area (Å²) in [5, 5.41) is 4.66. The van der Waals surface area contributed by atoms with Gasteiger partial charge >= 0.3 is 0 Å². The van der Waals surface area contributed by atoms with Gasteiger partial charge in [0.2, 0.25) is 0 Å². The van der Waals surface area contributed by atoms with Crippen molar-refractivity contribution in [3.05, 3.63) is 40.6 Å². The van der Waals surface area contributed by atoms with Crippen LogP contribution in [0.4, 0.5) is 5.69 Å². The number of thiophene rings is 1. The maximum atomic E-state index is 11.7. The van der Waals surface area contributed by atoms with Crippen LogP contribution in [0.2, 0.25) is 0 Å². The van der Waals surface area contributed by atoms with Gasteiger partial charge in [0.05, 0.1) is 5.69 Å². The van der Waals surface area contributed by atoms with Crippen molar-refractivity contribution in [2.45, 2.75) is 0 Å². The Morgan fingerprint density at radius 1 is 1.13 bits per heavy atom. The lowest BCUT2D eigenvalue weighted by molar-refractivity contribution is 0.103. The zero-order valence-corrected chi connectivity index (χ0v) is 8.51. The van der Waals surface area contributed by atoms with Gasteiger partial charge in [0.1, 0.15) is 4.88 Å². The van der Waals surface area contributed by atoms with Crippen molar-refractivity contribution >= 4 is 22.9 Å². The first-order valence-corrected chi connectivity index (χ1v) is 5.38. The number of carbonyl (C=O) groups is 1. The standard InChI is InChI=1S/C11H7NO2S/c13-11-10-9(5-6-15-10)14-8-4-2-1-3-7(8)12-11/h1-6H,(H,12,13). The lowest BCUT2D eigenvalue weighted by atomic mass is 10.3. The number of para-hydroxylation sites is 2. The molecule has 1 N–H and O–H groups in total. The SMILES string of the molecule is O=C1Nc2ccccc2Oc2ccsc21. The molecule has 1 aliphatic rings. The summed E-state index contributed by atoms with van der Waals surface area (Å²) in [6, 6.07) is 9.21. The van der Waals surface area contributed by atoms with Crippen LogP contribution in [0.1, 0.15) is 9.67 Å². The number of hydrogen-bond donors (Lipinski definition) is 1. The zero-order chi connectivity index (χ0) is 10.3. The molecule has 1 aliphatic heterocycles. The fourth-order valence-electron chi connectivity index (χ4n) is 1.50. The van der Waals surface area contributed by atoms with E-state index in [9.17, 15) is 4.79 Å². The van der Waals surface area contributed by atoms with E-state index >= 15 is 0 Å². The van der Waals surface area contributed by atoms with Crippen molar-refractivity contribution in [2.24, 2.45) is 0 Å². The largest absolute Gasteiger partial charge is 0.453 e. The van der Waals surface area contributed by atoms with Crippen LogP contribution in [0.25, 0.3) is 0 Å². The van der Waals surface area contributed by atoms with Crippen LogP contribution >= 0.6 is 11.3 Å². The molecule has 0 fully saturated rings. The lowest BCUT2D eigenvalue weighted by Crippen LogP contribution is -2.08. The Bertz CT molecular complexity index is 533. The normalized spacial score (nSPS) is 13.2. The quantitative estimate of drug-likeness (QED) is 0.736. The van der Waals surface area contributed by atoms with E-state index in [1.807, 2.05) is 35.7 Å². The molecule has 0 saturated heterocycles. The summed E-state index contributed by atoms with van der Waals surface area (Å²) in [4.78, 5) is 12.4. The maximum Gasteiger partial charge on any atom is 0.269 e. The molecule has 4 heteroatoms. The molecule has 0 atom stereocenters. The molecular formula is C11H7NO2S.